The fourth-order valence-electron chi connectivity index (χ4n) is 0.157. The van der Waals surface area contributed by atoms with Gasteiger partial charge in [0.05, 0.1) is 12.7 Å². The standard InChI is InChI=1S/C3H5IO/c4-1-3-2-5-3/h3H,1-2H2. The van der Waals surface area contributed by atoms with Crippen molar-refractivity contribution in [2.75, 3.05) is 11.0 Å². The van der Waals surface area contributed by atoms with Gasteiger partial charge in [0.15, 0.2) is 0 Å². The van der Waals surface area contributed by atoms with E-state index in [1.807, 2.05) is 0 Å². The first-order valence-corrected chi connectivity index (χ1v) is 3.13. The molecular weight excluding hydrogens is 179 g/mol. The molecule has 0 aromatic carbocycles. The first kappa shape index (κ1) is 3.87. The predicted octanol–water partition coefficient (Wildman–Crippen LogP) is 0.820. The van der Waals surface area contributed by atoms with Gasteiger partial charge < -0.3 is 4.74 Å². The van der Waals surface area contributed by atoms with Gasteiger partial charge in [0.1, 0.15) is 0 Å². The molecule has 1 saturated heterocycles. The molecule has 30 valence electrons. The van der Waals surface area contributed by atoms with Gasteiger partial charge in [-0.2, -0.15) is 0 Å². The van der Waals surface area contributed by atoms with Gasteiger partial charge in [0.2, 0.25) is 0 Å². The highest BCUT2D eigenvalue weighted by Crippen LogP contribution is 2.10. The molecule has 1 aliphatic rings. The average Bonchev–Trinajstić information content (AvgIpc) is 2.12. The zero-order valence-corrected chi connectivity index (χ0v) is 4.94. The minimum Gasteiger partial charge on any atom is -0.372 e. The molecule has 1 rings (SSSR count). The zero-order valence-electron chi connectivity index (χ0n) is 2.78. The van der Waals surface area contributed by atoms with E-state index in [1.165, 1.54) is 0 Å². The molecule has 1 atom stereocenters. The topological polar surface area (TPSA) is 12.5 Å². The molecule has 5 heavy (non-hydrogen) atoms. The molecule has 1 heterocycles. The van der Waals surface area contributed by atoms with Crippen molar-refractivity contribution in [3.8, 4) is 0 Å². The highest BCUT2D eigenvalue weighted by molar-refractivity contribution is 14.1. The summed E-state index contributed by atoms with van der Waals surface area (Å²) >= 11 is 2.31. The highest BCUT2D eigenvalue weighted by Gasteiger charge is 2.19. The number of hydrogen-bond donors (Lipinski definition) is 0. The third-order valence-electron chi connectivity index (χ3n) is 0.574. The van der Waals surface area contributed by atoms with Gasteiger partial charge >= 0.3 is 0 Å². The molecular formula is C3H5IO. The maximum atomic E-state index is 4.85. The second kappa shape index (κ2) is 1.43. The lowest BCUT2D eigenvalue weighted by Crippen LogP contribution is -1.79. The Morgan fingerprint density at radius 1 is 2.00 bits per heavy atom. The largest absolute Gasteiger partial charge is 0.372 e. The summed E-state index contributed by atoms with van der Waals surface area (Å²) in [6.07, 6.45) is 0.621. The minimum atomic E-state index is 0.621. The Morgan fingerprint density at radius 2 is 2.60 bits per heavy atom. The lowest BCUT2D eigenvalue weighted by Gasteiger charge is -1.67. The molecule has 0 N–H and O–H groups in total. The van der Waals surface area contributed by atoms with Crippen molar-refractivity contribution in [2.45, 2.75) is 6.10 Å². The van der Waals surface area contributed by atoms with E-state index in [2.05, 4.69) is 22.6 Å². The van der Waals surface area contributed by atoms with Crippen molar-refractivity contribution in [2.24, 2.45) is 0 Å². The second-order valence-electron chi connectivity index (χ2n) is 1.11. The molecule has 2 heteroatoms. The van der Waals surface area contributed by atoms with Crippen LogP contribution in [0.4, 0.5) is 0 Å². The van der Waals surface area contributed by atoms with Crippen molar-refractivity contribution in [1.29, 1.82) is 0 Å². The maximum Gasteiger partial charge on any atom is 0.0899 e. The Kier molecular flexibility index (Phi) is 1.10. The van der Waals surface area contributed by atoms with Crippen LogP contribution in [0.1, 0.15) is 0 Å². The number of halogens is 1. The lowest BCUT2D eigenvalue weighted by atomic mass is 10.6. The van der Waals surface area contributed by atoms with Crippen molar-refractivity contribution >= 4 is 22.6 Å². The maximum absolute atomic E-state index is 4.85. The predicted molar refractivity (Wildman–Crippen MR) is 28.6 cm³/mol. The van der Waals surface area contributed by atoms with Crippen LogP contribution in [0.25, 0.3) is 0 Å². The van der Waals surface area contributed by atoms with E-state index in [-0.39, 0.29) is 0 Å². The summed E-state index contributed by atoms with van der Waals surface area (Å²) in [6, 6.07) is 0. The van der Waals surface area contributed by atoms with Crippen LogP contribution < -0.4 is 0 Å². The van der Waals surface area contributed by atoms with E-state index >= 15 is 0 Å². The summed E-state index contributed by atoms with van der Waals surface area (Å²) in [5.74, 6) is 0. The van der Waals surface area contributed by atoms with Crippen LogP contribution in [0.3, 0.4) is 0 Å². The average molecular weight is 184 g/mol. The first-order valence-electron chi connectivity index (χ1n) is 1.61. The van der Waals surface area contributed by atoms with Crippen molar-refractivity contribution in [1.82, 2.24) is 0 Å². The minimum absolute atomic E-state index is 0.621. The Morgan fingerprint density at radius 3 is 2.60 bits per heavy atom. The van der Waals surface area contributed by atoms with Gasteiger partial charge in [-0.15, -0.1) is 0 Å². The van der Waals surface area contributed by atoms with Crippen molar-refractivity contribution in [3.63, 3.8) is 0 Å². The molecule has 0 bridgehead atoms. The van der Waals surface area contributed by atoms with Gasteiger partial charge in [-0.05, 0) is 0 Å². The van der Waals surface area contributed by atoms with Crippen LogP contribution in [0, 0.1) is 0 Å². The van der Waals surface area contributed by atoms with Gasteiger partial charge in [0.25, 0.3) is 0 Å². The zero-order chi connectivity index (χ0) is 3.70. The van der Waals surface area contributed by atoms with Crippen LogP contribution >= 0.6 is 22.6 Å². The third-order valence-corrected chi connectivity index (χ3v) is 1.56. The van der Waals surface area contributed by atoms with E-state index in [9.17, 15) is 0 Å². The van der Waals surface area contributed by atoms with Crippen LogP contribution in [0.2, 0.25) is 0 Å². The van der Waals surface area contributed by atoms with Gasteiger partial charge in [-0.25, -0.2) is 0 Å². The van der Waals surface area contributed by atoms with Gasteiger partial charge in [0, 0.05) is 4.43 Å². The number of alkyl halides is 1. The molecule has 1 aliphatic heterocycles. The summed E-state index contributed by atoms with van der Waals surface area (Å²) in [4.78, 5) is 0. The quantitative estimate of drug-likeness (QED) is 0.334. The molecule has 0 saturated carbocycles. The summed E-state index contributed by atoms with van der Waals surface area (Å²) in [7, 11) is 0. The molecule has 0 aromatic rings. The fourth-order valence-corrected chi connectivity index (χ4v) is 0.666. The molecule has 1 unspecified atom stereocenters. The molecule has 0 aromatic heterocycles. The number of hydrogen-bond acceptors (Lipinski definition) is 1. The Hall–Kier alpha value is 0.690. The fraction of sp³-hybridized carbons (Fsp3) is 1.00. The summed E-state index contributed by atoms with van der Waals surface area (Å²) in [5, 5.41) is 0. The second-order valence-corrected chi connectivity index (χ2v) is 1.99. The summed E-state index contributed by atoms with van der Waals surface area (Å²) < 4.78 is 6.01. The Bertz CT molecular complexity index is 33.9. The molecule has 0 spiro atoms. The smallest absolute Gasteiger partial charge is 0.0899 e. The lowest BCUT2D eigenvalue weighted by molar-refractivity contribution is 0.428. The van der Waals surface area contributed by atoms with E-state index in [0.717, 1.165) is 11.0 Å². The van der Waals surface area contributed by atoms with Crippen molar-refractivity contribution in [3.05, 3.63) is 0 Å². The van der Waals surface area contributed by atoms with E-state index in [4.69, 9.17) is 4.74 Å². The van der Waals surface area contributed by atoms with Gasteiger partial charge in [-0.3, -0.25) is 0 Å². The number of epoxide rings is 1. The monoisotopic (exact) mass is 184 g/mol. The molecule has 0 aliphatic carbocycles. The van der Waals surface area contributed by atoms with Crippen LogP contribution in [0.15, 0.2) is 0 Å². The molecule has 0 radical (unpaired) electrons. The number of rotatable bonds is 1. The first-order chi connectivity index (χ1) is 2.43. The van der Waals surface area contributed by atoms with Crippen LogP contribution in [0.5, 0.6) is 0 Å². The third kappa shape index (κ3) is 1.05. The highest BCUT2D eigenvalue weighted by atomic mass is 127. The molecule has 0 amide bonds. The summed E-state index contributed by atoms with van der Waals surface area (Å²) in [5.41, 5.74) is 0. The molecule has 1 nitrogen and oxygen atoms in total. The van der Waals surface area contributed by atoms with Crippen LogP contribution in [-0.2, 0) is 4.74 Å². The number of ether oxygens (including phenoxy) is 1. The van der Waals surface area contributed by atoms with E-state index in [0.29, 0.717) is 6.10 Å². The van der Waals surface area contributed by atoms with Gasteiger partial charge in [-0.1, -0.05) is 22.6 Å². The Balaban J connectivity index is 2.00. The van der Waals surface area contributed by atoms with E-state index in [1.54, 1.807) is 0 Å². The van der Waals surface area contributed by atoms with E-state index < -0.39 is 0 Å². The Labute approximate surface area is 44.8 Å². The van der Waals surface area contributed by atoms with Crippen molar-refractivity contribution < 1.29 is 4.74 Å². The SMILES string of the molecule is ICC1CO1. The molecule has 1 fully saturated rings. The summed E-state index contributed by atoms with van der Waals surface area (Å²) in [6.45, 7) is 1.00. The normalized spacial score (nSPS) is 34.2. The van der Waals surface area contributed by atoms with Crippen LogP contribution in [-0.4, -0.2) is 17.1 Å².